The first-order valence-electron chi connectivity index (χ1n) is 7.33. The Morgan fingerprint density at radius 2 is 2.40 bits per heavy atom. The summed E-state index contributed by atoms with van der Waals surface area (Å²) in [5.74, 6) is 0.785. The molecule has 2 aliphatic rings. The number of aromatic nitrogens is 1. The molecule has 2 amide bonds. The molecular weight excluding hydrogens is 258 g/mol. The molecule has 110 valence electrons. The van der Waals surface area contributed by atoms with Gasteiger partial charge in [0.05, 0.1) is 17.8 Å². The van der Waals surface area contributed by atoms with E-state index < -0.39 is 0 Å². The van der Waals surface area contributed by atoms with Gasteiger partial charge in [-0.15, -0.1) is 0 Å². The van der Waals surface area contributed by atoms with Crippen LogP contribution in [-0.4, -0.2) is 41.9 Å². The molecule has 3 heterocycles. The van der Waals surface area contributed by atoms with Crippen LogP contribution in [0.2, 0.25) is 0 Å². The maximum Gasteiger partial charge on any atom is 0.318 e. The van der Waals surface area contributed by atoms with Crippen molar-refractivity contribution in [2.75, 3.05) is 19.7 Å². The van der Waals surface area contributed by atoms with Crippen molar-refractivity contribution in [3.63, 3.8) is 0 Å². The number of nitrogens with one attached hydrogen (secondary N) is 1. The summed E-state index contributed by atoms with van der Waals surface area (Å²) >= 11 is 0. The van der Waals surface area contributed by atoms with Gasteiger partial charge in [-0.05, 0) is 32.6 Å². The maximum atomic E-state index is 12.3. The summed E-state index contributed by atoms with van der Waals surface area (Å²) in [5, 5.41) is 6.88. The van der Waals surface area contributed by atoms with Gasteiger partial charge in [-0.3, -0.25) is 0 Å². The highest BCUT2D eigenvalue weighted by Gasteiger charge is 2.33. The van der Waals surface area contributed by atoms with Gasteiger partial charge in [0.15, 0.2) is 5.76 Å². The molecule has 2 aliphatic heterocycles. The van der Waals surface area contributed by atoms with E-state index in [4.69, 9.17) is 9.26 Å². The highest BCUT2D eigenvalue weighted by molar-refractivity contribution is 5.75. The van der Waals surface area contributed by atoms with Crippen LogP contribution in [0.4, 0.5) is 4.79 Å². The maximum absolute atomic E-state index is 12.3. The summed E-state index contributed by atoms with van der Waals surface area (Å²) in [6.45, 7) is 4.06. The zero-order valence-corrected chi connectivity index (χ0v) is 11.8. The number of rotatable bonds is 3. The Balaban J connectivity index is 1.58. The third kappa shape index (κ3) is 2.80. The molecule has 0 aromatic carbocycles. The van der Waals surface area contributed by atoms with E-state index in [2.05, 4.69) is 10.5 Å². The number of ether oxygens (including phenoxy) is 1. The lowest BCUT2D eigenvalue weighted by Gasteiger charge is -2.23. The predicted molar refractivity (Wildman–Crippen MR) is 72.3 cm³/mol. The van der Waals surface area contributed by atoms with Crippen molar-refractivity contribution in [2.24, 2.45) is 0 Å². The van der Waals surface area contributed by atoms with Crippen LogP contribution in [0.3, 0.4) is 0 Å². The van der Waals surface area contributed by atoms with Crippen LogP contribution in [0.5, 0.6) is 0 Å². The lowest BCUT2D eigenvalue weighted by molar-refractivity contribution is 0.108. The minimum absolute atomic E-state index is 0.0145. The summed E-state index contributed by atoms with van der Waals surface area (Å²) in [6, 6.07) is 1.90. The van der Waals surface area contributed by atoms with Crippen LogP contribution in [0, 0.1) is 6.92 Å². The Morgan fingerprint density at radius 1 is 1.50 bits per heavy atom. The summed E-state index contributed by atoms with van der Waals surface area (Å²) in [4.78, 5) is 14.1. The third-order valence-corrected chi connectivity index (χ3v) is 3.99. The average molecular weight is 279 g/mol. The summed E-state index contributed by atoms with van der Waals surface area (Å²) in [5.41, 5.74) is 0.853. The third-order valence-electron chi connectivity index (χ3n) is 3.99. The van der Waals surface area contributed by atoms with E-state index in [-0.39, 0.29) is 18.2 Å². The molecule has 20 heavy (non-hydrogen) atoms. The second-order valence-corrected chi connectivity index (χ2v) is 5.54. The van der Waals surface area contributed by atoms with Crippen molar-refractivity contribution < 1.29 is 14.1 Å². The van der Waals surface area contributed by atoms with Crippen LogP contribution in [-0.2, 0) is 4.74 Å². The van der Waals surface area contributed by atoms with Crippen molar-refractivity contribution in [3.8, 4) is 0 Å². The van der Waals surface area contributed by atoms with Gasteiger partial charge in [0, 0.05) is 25.8 Å². The average Bonchev–Trinajstić information content (AvgIpc) is 3.16. The molecule has 0 bridgehead atoms. The standard InChI is InChI=1S/C14H21N3O3/c1-10-8-13(20-16-10)12-5-2-6-17(12)14(18)15-9-11-4-3-7-19-11/h8,11-12H,2-7,9H2,1H3,(H,15,18)/t11-,12-/m1/s1. The number of carbonyl (C=O) groups is 1. The van der Waals surface area contributed by atoms with Crippen molar-refractivity contribution in [3.05, 3.63) is 17.5 Å². The monoisotopic (exact) mass is 279 g/mol. The molecule has 0 unspecified atom stereocenters. The van der Waals surface area contributed by atoms with E-state index in [9.17, 15) is 4.79 Å². The molecule has 3 rings (SSSR count). The summed E-state index contributed by atoms with van der Waals surface area (Å²) < 4.78 is 10.8. The zero-order chi connectivity index (χ0) is 13.9. The second kappa shape index (κ2) is 5.83. The van der Waals surface area contributed by atoms with Gasteiger partial charge >= 0.3 is 6.03 Å². The van der Waals surface area contributed by atoms with Gasteiger partial charge < -0.3 is 19.5 Å². The molecule has 2 atom stereocenters. The topological polar surface area (TPSA) is 67.6 Å². The van der Waals surface area contributed by atoms with E-state index in [0.717, 1.165) is 50.3 Å². The Bertz CT molecular complexity index is 468. The fraction of sp³-hybridized carbons (Fsp3) is 0.714. The SMILES string of the molecule is Cc1cc([C@H]2CCCN2C(=O)NC[C@H]2CCCO2)on1. The fourth-order valence-electron chi connectivity index (χ4n) is 2.95. The Hall–Kier alpha value is -1.56. The number of hydrogen-bond acceptors (Lipinski definition) is 4. The molecule has 2 fully saturated rings. The number of urea groups is 1. The second-order valence-electron chi connectivity index (χ2n) is 5.54. The molecule has 0 radical (unpaired) electrons. The van der Waals surface area contributed by atoms with E-state index >= 15 is 0 Å². The van der Waals surface area contributed by atoms with Crippen molar-refractivity contribution in [1.82, 2.24) is 15.4 Å². The van der Waals surface area contributed by atoms with Crippen molar-refractivity contribution in [2.45, 2.75) is 44.8 Å². The number of amides is 2. The van der Waals surface area contributed by atoms with Crippen LogP contribution < -0.4 is 5.32 Å². The van der Waals surface area contributed by atoms with E-state index in [1.165, 1.54) is 0 Å². The Kier molecular flexibility index (Phi) is 3.91. The first-order chi connectivity index (χ1) is 9.74. The number of aryl methyl sites for hydroxylation is 1. The van der Waals surface area contributed by atoms with Crippen LogP contribution in [0.15, 0.2) is 10.6 Å². The molecule has 0 saturated carbocycles. The number of hydrogen-bond donors (Lipinski definition) is 1. The molecule has 1 aromatic rings. The van der Waals surface area contributed by atoms with E-state index in [1.54, 1.807) is 0 Å². The first-order valence-corrected chi connectivity index (χ1v) is 7.33. The molecular formula is C14H21N3O3. The summed E-state index contributed by atoms with van der Waals surface area (Å²) in [6.07, 6.45) is 4.22. The van der Waals surface area contributed by atoms with Gasteiger partial charge in [0.2, 0.25) is 0 Å². The highest BCUT2D eigenvalue weighted by atomic mass is 16.5. The quantitative estimate of drug-likeness (QED) is 0.919. The zero-order valence-electron chi connectivity index (χ0n) is 11.8. The molecule has 1 N–H and O–H groups in total. The van der Waals surface area contributed by atoms with Gasteiger partial charge in [0.1, 0.15) is 0 Å². The van der Waals surface area contributed by atoms with Gasteiger partial charge in [-0.1, -0.05) is 5.16 Å². The first kappa shape index (κ1) is 13.4. The van der Waals surface area contributed by atoms with Crippen molar-refractivity contribution >= 4 is 6.03 Å². The Labute approximate surface area is 118 Å². The number of carbonyl (C=O) groups excluding carboxylic acids is 1. The molecule has 0 aliphatic carbocycles. The predicted octanol–water partition coefficient (Wildman–Crippen LogP) is 2.01. The smallest absolute Gasteiger partial charge is 0.318 e. The normalized spacial score (nSPS) is 26.1. The van der Waals surface area contributed by atoms with E-state index in [1.807, 2.05) is 17.9 Å². The molecule has 6 nitrogen and oxygen atoms in total. The van der Waals surface area contributed by atoms with Gasteiger partial charge in [-0.2, -0.15) is 0 Å². The molecule has 6 heteroatoms. The molecule has 2 saturated heterocycles. The van der Waals surface area contributed by atoms with Crippen molar-refractivity contribution in [1.29, 1.82) is 0 Å². The number of likely N-dealkylation sites (tertiary alicyclic amines) is 1. The number of nitrogens with zero attached hydrogens (tertiary/aromatic N) is 2. The largest absolute Gasteiger partial charge is 0.376 e. The lowest BCUT2D eigenvalue weighted by atomic mass is 10.1. The van der Waals surface area contributed by atoms with Crippen LogP contribution in [0.25, 0.3) is 0 Å². The van der Waals surface area contributed by atoms with Crippen LogP contribution in [0.1, 0.15) is 43.2 Å². The lowest BCUT2D eigenvalue weighted by Crippen LogP contribution is -2.42. The van der Waals surface area contributed by atoms with Gasteiger partial charge in [0.25, 0.3) is 0 Å². The van der Waals surface area contributed by atoms with E-state index in [0.29, 0.717) is 6.54 Å². The minimum atomic E-state index is -0.0305. The summed E-state index contributed by atoms with van der Waals surface area (Å²) in [7, 11) is 0. The fourth-order valence-corrected chi connectivity index (χ4v) is 2.95. The minimum Gasteiger partial charge on any atom is -0.376 e. The van der Waals surface area contributed by atoms with Crippen LogP contribution >= 0.6 is 0 Å². The Morgan fingerprint density at radius 3 is 3.10 bits per heavy atom. The molecule has 0 spiro atoms. The highest BCUT2D eigenvalue weighted by Crippen LogP contribution is 2.32. The van der Waals surface area contributed by atoms with Gasteiger partial charge in [-0.25, -0.2) is 4.79 Å². The molecule has 1 aromatic heterocycles.